The first kappa shape index (κ1) is 14.6. The lowest BCUT2D eigenvalue weighted by molar-refractivity contribution is -0.119. The maximum atomic E-state index is 11.6. The van der Waals surface area contributed by atoms with Gasteiger partial charge in [-0.25, -0.2) is 5.43 Å². The topological polar surface area (TPSA) is 75.9 Å². The summed E-state index contributed by atoms with van der Waals surface area (Å²) in [7, 11) is 1.61. The zero-order valence-electron chi connectivity index (χ0n) is 11.9. The molecule has 0 bridgehead atoms. The molecule has 0 saturated heterocycles. The molecule has 21 heavy (non-hydrogen) atoms. The van der Waals surface area contributed by atoms with E-state index in [0.29, 0.717) is 5.76 Å². The fraction of sp³-hybridized carbons (Fsp3) is 0.200. The lowest BCUT2D eigenvalue weighted by Crippen LogP contribution is -2.25. The monoisotopic (exact) mass is 287 g/mol. The fourth-order valence-corrected chi connectivity index (χ4v) is 1.62. The van der Waals surface area contributed by atoms with E-state index < -0.39 is 0 Å². The third-order valence-electron chi connectivity index (χ3n) is 2.69. The molecule has 2 aromatic rings. The minimum absolute atomic E-state index is 0.126. The molecule has 0 aliphatic carbocycles. The molecule has 1 aromatic heterocycles. The van der Waals surface area contributed by atoms with Crippen molar-refractivity contribution < 1.29 is 13.9 Å². The number of hydrazone groups is 1. The Morgan fingerprint density at radius 2 is 2.05 bits per heavy atom. The largest absolute Gasteiger partial charge is 0.497 e. The van der Waals surface area contributed by atoms with Gasteiger partial charge in [0, 0.05) is 5.69 Å². The summed E-state index contributed by atoms with van der Waals surface area (Å²) in [6, 6.07) is 10.9. The number of carbonyl (C=O) groups excluding carboxylic acids is 1. The predicted octanol–water partition coefficient (Wildman–Crippen LogP) is 2.16. The van der Waals surface area contributed by atoms with Crippen molar-refractivity contribution in [1.29, 1.82) is 0 Å². The van der Waals surface area contributed by atoms with E-state index >= 15 is 0 Å². The molecule has 0 unspecified atom stereocenters. The zero-order valence-corrected chi connectivity index (χ0v) is 11.9. The highest BCUT2D eigenvalue weighted by Gasteiger charge is 2.00. The van der Waals surface area contributed by atoms with Gasteiger partial charge in [-0.15, -0.1) is 0 Å². The van der Waals surface area contributed by atoms with E-state index in [2.05, 4.69) is 15.8 Å². The maximum Gasteiger partial charge on any atom is 0.259 e. The van der Waals surface area contributed by atoms with Gasteiger partial charge in [-0.05, 0) is 43.3 Å². The number of methoxy groups -OCH3 is 1. The number of nitrogens with one attached hydrogen (secondary N) is 2. The fourth-order valence-electron chi connectivity index (χ4n) is 1.62. The van der Waals surface area contributed by atoms with Crippen molar-refractivity contribution in [2.45, 2.75) is 6.92 Å². The van der Waals surface area contributed by atoms with E-state index in [1.165, 1.54) is 6.21 Å². The number of anilines is 1. The number of ether oxygens (including phenoxy) is 1. The second-order valence-electron chi connectivity index (χ2n) is 4.32. The van der Waals surface area contributed by atoms with Crippen molar-refractivity contribution >= 4 is 17.8 Å². The van der Waals surface area contributed by atoms with E-state index in [0.717, 1.165) is 17.2 Å². The van der Waals surface area contributed by atoms with Crippen molar-refractivity contribution in [3.05, 3.63) is 47.9 Å². The second-order valence-corrected chi connectivity index (χ2v) is 4.32. The molecular weight excluding hydrogens is 270 g/mol. The van der Waals surface area contributed by atoms with Gasteiger partial charge in [-0.1, -0.05) is 0 Å². The molecular formula is C15H17N3O3. The van der Waals surface area contributed by atoms with Gasteiger partial charge in [0.1, 0.15) is 17.3 Å². The molecule has 2 rings (SSSR count). The van der Waals surface area contributed by atoms with Gasteiger partial charge in [-0.3, -0.25) is 4.79 Å². The van der Waals surface area contributed by atoms with Gasteiger partial charge in [-0.2, -0.15) is 5.10 Å². The highest BCUT2D eigenvalue weighted by molar-refractivity contribution is 5.83. The van der Waals surface area contributed by atoms with Crippen LogP contribution in [-0.2, 0) is 4.79 Å². The van der Waals surface area contributed by atoms with E-state index in [9.17, 15) is 4.79 Å². The van der Waals surface area contributed by atoms with Crippen molar-refractivity contribution in [3.63, 3.8) is 0 Å². The normalized spacial score (nSPS) is 10.6. The Morgan fingerprint density at radius 1 is 1.29 bits per heavy atom. The second kappa shape index (κ2) is 7.14. The summed E-state index contributed by atoms with van der Waals surface area (Å²) in [6.07, 6.45) is 1.46. The first-order valence-corrected chi connectivity index (χ1v) is 6.43. The number of hydrogen-bond donors (Lipinski definition) is 2. The summed E-state index contributed by atoms with van der Waals surface area (Å²) in [5.41, 5.74) is 3.25. The summed E-state index contributed by atoms with van der Waals surface area (Å²) in [4.78, 5) is 11.6. The van der Waals surface area contributed by atoms with Crippen molar-refractivity contribution in [2.75, 3.05) is 19.0 Å². The molecule has 0 aliphatic rings. The molecule has 2 N–H and O–H groups in total. The Balaban J connectivity index is 1.75. The molecule has 0 radical (unpaired) electrons. The summed E-state index contributed by atoms with van der Waals surface area (Å²) in [5, 5.41) is 6.80. The van der Waals surface area contributed by atoms with E-state index in [1.54, 1.807) is 13.2 Å². The first-order chi connectivity index (χ1) is 10.2. The average molecular weight is 287 g/mol. The van der Waals surface area contributed by atoms with Crippen molar-refractivity contribution in [1.82, 2.24) is 5.43 Å². The number of rotatable bonds is 6. The molecule has 0 fully saturated rings. The average Bonchev–Trinajstić information content (AvgIpc) is 2.91. The number of aryl methyl sites for hydroxylation is 1. The molecule has 1 amide bonds. The van der Waals surface area contributed by atoms with Crippen LogP contribution >= 0.6 is 0 Å². The maximum absolute atomic E-state index is 11.6. The number of nitrogens with zero attached hydrogens (tertiary/aromatic N) is 1. The lowest BCUT2D eigenvalue weighted by atomic mass is 10.3. The Hall–Kier alpha value is -2.76. The minimum Gasteiger partial charge on any atom is -0.497 e. The molecule has 0 saturated carbocycles. The van der Waals surface area contributed by atoms with Crippen LogP contribution in [0.15, 0.2) is 45.9 Å². The molecule has 1 heterocycles. The highest BCUT2D eigenvalue weighted by atomic mass is 16.5. The van der Waals surface area contributed by atoms with E-state index in [-0.39, 0.29) is 12.5 Å². The van der Waals surface area contributed by atoms with E-state index in [4.69, 9.17) is 9.15 Å². The van der Waals surface area contributed by atoms with Crippen LogP contribution in [0.5, 0.6) is 5.75 Å². The molecule has 1 aromatic carbocycles. The molecule has 6 heteroatoms. The standard InChI is InChI=1S/C15H17N3O3/c1-11-3-6-14(21-11)9-17-18-15(19)10-16-12-4-7-13(20-2)8-5-12/h3-9,16H,10H2,1-2H3,(H,18,19)/b17-9+. The molecule has 0 spiro atoms. The Morgan fingerprint density at radius 3 is 2.67 bits per heavy atom. The third-order valence-corrected chi connectivity index (χ3v) is 2.69. The summed E-state index contributed by atoms with van der Waals surface area (Å²) in [6.45, 7) is 1.97. The van der Waals surface area contributed by atoms with Crippen LogP contribution in [-0.4, -0.2) is 25.8 Å². The number of benzene rings is 1. The Bertz CT molecular complexity index is 617. The molecule has 0 atom stereocenters. The SMILES string of the molecule is COc1ccc(NCC(=O)N/N=C/c2ccc(C)o2)cc1. The van der Waals surface area contributed by atoms with Gasteiger partial charge < -0.3 is 14.5 Å². The first-order valence-electron chi connectivity index (χ1n) is 6.43. The molecule has 6 nitrogen and oxygen atoms in total. The Kier molecular flexibility index (Phi) is 4.98. The molecule has 110 valence electrons. The van der Waals surface area contributed by atoms with Crippen LogP contribution in [0.1, 0.15) is 11.5 Å². The van der Waals surface area contributed by atoms with Gasteiger partial charge in [0.05, 0.1) is 19.9 Å². The van der Waals surface area contributed by atoms with Gasteiger partial charge in [0.15, 0.2) is 0 Å². The lowest BCUT2D eigenvalue weighted by Gasteiger charge is -2.06. The smallest absolute Gasteiger partial charge is 0.259 e. The zero-order chi connectivity index (χ0) is 15.1. The Labute approximate surface area is 122 Å². The van der Waals surface area contributed by atoms with Crippen LogP contribution < -0.4 is 15.5 Å². The summed E-state index contributed by atoms with van der Waals surface area (Å²) >= 11 is 0. The van der Waals surface area contributed by atoms with Crippen LogP contribution in [0.4, 0.5) is 5.69 Å². The number of carbonyl (C=O) groups is 1. The van der Waals surface area contributed by atoms with Crippen LogP contribution in [0.3, 0.4) is 0 Å². The predicted molar refractivity (Wildman–Crippen MR) is 80.7 cm³/mol. The van der Waals surface area contributed by atoms with Gasteiger partial charge >= 0.3 is 0 Å². The number of furan rings is 1. The molecule has 0 aliphatic heterocycles. The van der Waals surface area contributed by atoms with Crippen molar-refractivity contribution in [3.8, 4) is 5.75 Å². The van der Waals surface area contributed by atoms with Crippen LogP contribution in [0.25, 0.3) is 0 Å². The number of amides is 1. The van der Waals surface area contributed by atoms with E-state index in [1.807, 2.05) is 37.3 Å². The number of hydrogen-bond acceptors (Lipinski definition) is 5. The third kappa shape index (κ3) is 4.68. The van der Waals surface area contributed by atoms with Crippen molar-refractivity contribution in [2.24, 2.45) is 5.10 Å². The summed E-state index contributed by atoms with van der Waals surface area (Å²) in [5.74, 6) is 1.91. The van der Waals surface area contributed by atoms with Gasteiger partial charge in [0.25, 0.3) is 5.91 Å². The summed E-state index contributed by atoms with van der Waals surface area (Å²) < 4.78 is 10.3. The highest BCUT2D eigenvalue weighted by Crippen LogP contribution is 2.14. The van der Waals surface area contributed by atoms with Crippen LogP contribution in [0.2, 0.25) is 0 Å². The quantitative estimate of drug-likeness (QED) is 0.630. The van der Waals surface area contributed by atoms with Gasteiger partial charge in [0.2, 0.25) is 0 Å². The van der Waals surface area contributed by atoms with Crippen LogP contribution in [0, 0.1) is 6.92 Å². The minimum atomic E-state index is -0.245.